The minimum Gasteiger partial charge on any atom is -0.311 e. The first-order valence-corrected chi connectivity index (χ1v) is 24.8. The molecule has 1 heterocycles. The summed E-state index contributed by atoms with van der Waals surface area (Å²) >= 11 is 1.73. The molecule has 4 heteroatoms. The molecule has 0 aliphatic rings. The van der Waals surface area contributed by atoms with E-state index in [1.807, 2.05) is 6.07 Å². The lowest BCUT2D eigenvalue weighted by atomic mass is 9.98. The van der Waals surface area contributed by atoms with Crippen molar-refractivity contribution in [1.82, 2.24) is 4.98 Å². The van der Waals surface area contributed by atoms with Crippen molar-refractivity contribution < 1.29 is 0 Å². The van der Waals surface area contributed by atoms with Crippen LogP contribution in [0.4, 0.5) is 34.1 Å². The normalized spacial score (nSPS) is 11.1. The maximum atomic E-state index is 4.91. The van der Waals surface area contributed by atoms with Crippen molar-refractivity contribution in [3.63, 3.8) is 0 Å². The third kappa shape index (κ3) is 9.16. The summed E-state index contributed by atoms with van der Waals surface area (Å²) in [5.74, 6) is 0. The number of nitrogens with zero attached hydrogens (tertiary/aromatic N) is 3. The average Bonchev–Trinajstić information content (AvgIpc) is 3.90. The van der Waals surface area contributed by atoms with Gasteiger partial charge in [0.2, 0.25) is 0 Å². The van der Waals surface area contributed by atoms with Gasteiger partial charge in [0.1, 0.15) is 5.01 Å². The number of fused-ring (bicyclic) bond motifs is 1. The molecule has 0 N–H and O–H groups in total. The van der Waals surface area contributed by atoms with E-state index in [1.165, 1.54) is 49.2 Å². The van der Waals surface area contributed by atoms with Crippen LogP contribution in [0.15, 0.2) is 285 Å². The summed E-state index contributed by atoms with van der Waals surface area (Å²) in [5, 5.41) is 1.03. The molecule has 0 spiro atoms. The summed E-state index contributed by atoms with van der Waals surface area (Å²) in [6, 6.07) is 102. The van der Waals surface area contributed by atoms with Crippen LogP contribution in [0.5, 0.6) is 0 Å². The maximum Gasteiger partial charge on any atom is 0.124 e. The summed E-state index contributed by atoms with van der Waals surface area (Å²) in [6.07, 6.45) is 0. The van der Waals surface area contributed by atoms with Crippen LogP contribution < -0.4 is 9.80 Å². The highest BCUT2D eigenvalue weighted by Gasteiger charge is 2.17. The smallest absolute Gasteiger partial charge is 0.124 e. The summed E-state index contributed by atoms with van der Waals surface area (Å²) in [6.45, 7) is 0. The average molecular weight is 926 g/mol. The highest BCUT2D eigenvalue weighted by Crippen LogP contribution is 2.41. The van der Waals surface area contributed by atoms with Gasteiger partial charge in [0.15, 0.2) is 0 Å². The largest absolute Gasteiger partial charge is 0.311 e. The Hall–Kier alpha value is -9.09. The predicted molar refractivity (Wildman–Crippen MR) is 302 cm³/mol. The van der Waals surface area contributed by atoms with Gasteiger partial charge < -0.3 is 9.80 Å². The summed E-state index contributed by atoms with van der Waals surface area (Å²) in [4.78, 5) is 9.57. The fraction of sp³-hybridized carbons (Fsp3) is 0. The van der Waals surface area contributed by atoms with Crippen LogP contribution in [0.1, 0.15) is 0 Å². The quantitative estimate of drug-likeness (QED) is 0.122. The molecule has 0 atom stereocenters. The first kappa shape index (κ1) is 43.2. The Labute approximate surface area is 419 Å². The Morgan fingerprint density at radius 1 is 0.225 bits per heavy atom. The van der Waals surface area contributed by atoms with Crippen LogP contribution >= 0.6 is 11.3 Å². The summed E-state index contributed by atoms with van der Waals surface area (Å²) in [5.41, 5.74) is 20.5. The number of hydrogen-bond donors (Lipinski definition) is 0. The molecule has 0 bridgehead atoms. The van der Waals surface area contributed by atoms with E-state index in [4.69, 9.17) is 4.98 Å². The zero-order chi connectivity index (χ0) is 47.3. The number of hydrogen-bond acceptors (Lipinski definition) is 4. The Kier molecular flexibility index (Phi) is 11.9. The van der Waals surface area contributed by atoms with E-state index in [2.05, 4.69) is 289 Å². The van der Waals surface area contributed by atoms with Gasteiger partial charge in [-0.25, -0.2) is 4.98 Å². The highest BCUT2D eigenvalue weighted by molar-refractivity contribution is 7.21. The Morgan fingerprint density at radius 2 is 0.507 bits per heavy atom. The number of benzene rings is 11. The van der Waals surface area contributed by atoms with E-state index < -0.39 is 0 Å². The zero-order valence-corrected chi connectivity index (χ0v) is 39.7. The predicted octanol–water partition coefficient (Wildman–Crippen LogP) is 19.2. The summed E-state index contributed by atoms with van der Waals surface area (Å²) in [7, 11) is 0. The van der Waals surface area contributed by atoms with Gasteiger partial charge in [0.25, 0.3) is 0 Å². The number of aromatic nitrogens is 1. The monoisotopic (exact) mass is 925 g/mol. The standard InChI is InChI=1S/C67H47N3S/c1-4-14-48(15-5-1)55-18-12-20-57(46-55)52-30-40-62(41-31-52)70(63-42-32-53(33-43-63)58-21-13-19-56(47-58)49-16-6-2-7-17-49)61-38-28-51(29-39-61)50-26-36-60(37-27-50)69(59-22-8-3-9-23-59)64-44-34-54(35-45-64)67-68-65-24-10-11-25-66(65)71-67/h1-47H. The Bertz CT molecular complexity index is 3540. The van der Waals surface area contributed by atoms with Gasteiger partial charge in [-0.3, -0.25) is 0 Å². The SMILES string of the molecule is c1ccc(-c2cccc(-c3ccc(N(c4ccc(-c5ccc(N(c6ccccc6)c6ccc(-c7nc8ccccc8s7)cc6)cc5)cc4)c4ccc(-c5cccc(-c6ccccc6)c5)cc4)cc3)c2)cc1. The Balaban J connectivity index is 0.846. The molecule has 3 nitrogen and oxygen atoms in total. The zero-order valence-electron chi connectivity index (χ0n) is 38.9. The van der Waals surface area contributed by atoms with E-state index >= 15 is 0 Å². The fourth-order valence-corrected chi connectivity index (χ4v) is 10.4. The van der Waals surface area contributed by atoms with Crippen molar-refractivity contribution >= 4 is 55.7 Å². The topological polar surface area (TPSA) is 19.4 Å². The van der Waals surface area contributed by atoms with E-state index in [0.29, 0.717) is 0 Å². The molecule has 0 amide bonds. The molecule has 0 aliphatic heterocycles. The molecule has 12 rings (SSSR count). The van der Waals surface area contributed by atoms with Crippen LogP contribution in [0, 0.1) is 0 Å². The second kappa shape index (κ2) is 19.5. The second-order valence-electron chi connectivity index (χ2n) is 17.6. The van der Waals surface area contributed by atoms with Crippen molar-refractivity contribution in [2.45, 2.75) is 0 Å². The van der Waals surface area contributed by atoms with Crippen molar-refractivity contribution in [1.29, 1.82) is 0 Å². The van der Waals surface area contributed by atoms with Crippen LogP contribution in [0.25, 0.3) is 76.4 Å². The molecule has 0 saturated carbocycles. The van der Waals surface area contributed by atoms with Crippen molar-refractivity contribution in [3.8, 4) is 66.2 Å². The van der Waals surface area contributed by atoms with Crippen molar-refractivity contribution in [2.75, 3.05) is 9.80 Å². The fourth-order valence-electron chi connectivity index (χ4n) is 9.45. The third-order valence-corrected chi connectivity index (χ3v) is 14.2. The Morgan fingerprint density at radius 3 is 0.887 bits per heavy atom. The van der Waals surface area contributed by atoms with E-state index in [9.17, 15) is 0 Å². The van der Waals surface area contributed by atoms with Gasteiger partial charge in [-0.05, 0) is 165 Å². The maximum absolute atomic E-state index is 4.91. The van der Waals surface area contributed by atoms with Gasteiger partial charge in [-0.2, -0.15) is 0 Å². The lowest BCUT2D eigenvalue weighted by Gasteiger charge is -2.26. The van der Waals surface area contributed by atoms with Crippen LogP contribution in [-0.2, 0) is 0 Å². The molecule has 336 valence electrons. The van der Waals surface area contributed by atoms with Gasteiger partial charge in [0.05, 0.1) is 10.2 Å². The number of rotatable bonds is 12. The third-order valence-electron chi connectivity index (χ3n) is 13.1. The molecule has 0 fully saturated rings. The molecule has 0 radical (unpaired) electrons. The highest BCUT2D eigenvalue weighted by atomic mass is 32.1. The summed E-state index contributed by atoms with van der Waals surface area (Å²) < 4.78 is 1.20. The molecular formula is C67H47N3S. The van der Waals surface area contributed by atoms with Gasteiger partial charge in [-0.1, -0.05) is 176 Å². The van der Waals surface area contributed by atoms with E-state index in [0.717, 1.165) is 61.3 Å². The van der Waals surface area contributed by atoms with Crippen LogP contribution in [0.3, 0.4) is 0 Å². The number of anilines is 6. The molecular weight excluding hydrogens is 879 g/mol. The molecule has 0 saturated heterocycles. The molecule has 1 aromatic heterocycles. The van der Waals surface area contributed by atoms with E-state index in [-0.39, 0.29) is 0 Å². The molecule has 71 heavy (non-hydrogen) atoms. The van der Waals surface area contributed by atoms with Gasteiger partial charge >= 0.3 is 0 Å². The van der Waals surface area contributed by atoms with Crippen LogP contribution in [0.2, 0.25) is 0 Å². The second-order valence-corrected chi connectivity index (χ2v) is 18.7. The van der Waals surface area contributed by atoms with Crippen LogP contribution in [-0.4, -0.2) is 4.98 Å². The molecule has 11 aromatic carbocycles. The first-order valence-electron chi connectivity index (χ1n) is 24.0. The molecule has 0 aliphatic carbocycles. The van der Waals surface area contributed by atoms with Gasteiger partial charge in [-0.15, -0.1) is 11.3 Å². The number of para-hydroxylation sites is 2. The molecule has 0 unspecified atom stereocenters. The lowest BCUT2D eigenvalue weighted by molar-refractivity contribution is 1.28. The molecule has 12 aromatic rings. The van der Waals surface area contributed by atoms with Crippen molar-refractivity contribution in [3.05, 3.63) is 285 Å². The van der Waals surface area contributed by atoms with Crippen molar-refractivity contribution in [2.24, 2.45) is 0 Å². The lowest BCUT2D eigenvalue weighted by Crippen LogP contribution is -2.10. The first-order chi connectivity index (χ1) is 35.2. The number of thiazole rings is 1. The minimum atomic E-state index is 1.03. The van der Waals surface area contributed by atoms with Gasteiger partial charge in [0, 0.05) is 39.7 Å². The minimum absolute atomic E-state index is 1.03. The van der Waals surface area contributed by atoms with E-state index in [1.54, 1.807) is 11.3 Å².